The smallest absolute Gasteiger partial charge is 0.416 e. The van der Waals surface area contributed by atoms with Crippen molar-refractivity contribution in [2.24, 2.45) is 5.92 Å². The zero-order chi connectivity index (χ0) is 21.3. The maximum Gasteiger partial charge on any atom is 0.416 e. The number of thiazole rings is 1. The summed E-state index contributed by atoms with van der Waals surface area (Å²) < 4.78 is 19.2. The molecule has 5 rings (SSSR count). The molecule has 1 N–H and O–H groups in total. The molecule has 1 aliphatic heterocycles. The number of nitrogens with zero attached hydrogens (tertiary/aromatic N) is 4. The zero-order valence-corrected chi connectivity index (χ0v) is 17.6. The number of carbonyl (C=O) groups is 1. The summed E-state index contributed by atoms with van der Waals surface area (Å²) in [4.78, 5) is 26.6. The lowest BCUT2D eigenvalue weighted by Crippen LogP contribution is -2.39. The monoisotopic (exact) mass is 439 g/mol. The largest absolute Gasteiger partial charge is 0.441 e. The molecule has 1 saturated carbocycles. The van der Waals surface area contributed by atoms with Gasteiger partial charge in [-0.3, -0.25) is 9.88 Å². The number of anilines is 2. The van der Waals surface area contributed by atoms with Crippen LogP contribution in [0.2, 0.25) is 0 Å². The van der Waals surface area contributed by atoms with Crippen LogP contribution in [0.15, 0.2) is 48.0 Å². The second kappa shape index (κ2) is 8.22. The summed E-state index contributed by atoms with van der Waals surface area (Å²) in [5.41, 5.74) is 1.24. The topological polar surface area (TPSA) is 80.2 Å². The number of amides is 1. The number of halogens is 1. The number of pyridine rings is 2. The molecule has 1 spiro atoms. The second-order valence-corrected chi connectivity index (χ2v) is 8.89. The predicted molar refractivity (Wildman–Crippen MR) is 117 cm³/mol. The van der Waals surface area contributed by atoms with Gasteiger partial charge in [-0.05, 0) is 55.9 Å². The summed E-state index contributed by atoms with van der Waals surface area (Å²) in [7, 11) is 0. The van der Waals surface area contributed by atoms with Crippen LogP contribution in [-0.2, 0) is 4.74 Å². The van der Waals surface area contributed by atoms with E-state index in [2.05, 4.69) is 20.3 Å². The van der Waals surface area contributed by atoms with Gasteiger partial charge in [0.25, 0.3) is 0 Å². The van der Waals surface area contributed by atoms with Crippen LogP contribution in [0.25, 0.3) is 11.4 Å². The first-order valence-corrected chi connectivity index (χ1v) is 11.2. The normalized spacial score (nSPS) is 23.2. The Labute approximate surface area is 183 Å². The third-order valence-electron chi connectivity index (χ3n) is 5.94. The lowest BCUT2D eigenvalue weighted by atomic mass is 9.78. The van der Waals surface area contributed by atoms with Crippen molar-refractivity contribution < 1.29 is 13.9 Å². The number of aromatic nitrogens is 3. The molecule has 0 aromatic carbocycles. The van der Waals surface area contributed by atoms with Gasteiger partial charge in [0.1, 0.15) is 17.1 Å². The Kier molecular flexibility index (Phi) is 5.27. The van der Waals surface area contributed by atoms with Gasteiger partial charge in [0.2, 0.25) is 5.95 Å². The van der Waals surface area contributed by atoms with E-state index in [-0.39, 0.29) is 0 Å². The number of hydrogen-bond donors (Lipinski definition) is 1. The first-order chi connectivity index (χ1) is 15.1. The van der Waals surface area contributed by atoms with Gasteiger partial charge in [-0.2, -0.15) is 4.39 Å². The molecule has 3 aromatic heterocycles. The van der Waals surface area contributed by atoms with Crippen molar-refractivity contribution in [3.05, 3.63) is 53.9 Å². The number of nitrogens with one attached hydrogen (secondary N) is 1. The Morgan fingerprint density at radius 1 is 1.16 bits per heavy atom. The highest BCUT2D eigenvalue weighted by Crippen LogP contribution is 2.40. The summed E-state index contributed by atoms with van der Waals surface area (Å²) in [5, 5.41) is 6.34. The standard InChI is InChI=1S/C22H22FN5O2S/c23-18-5-3-6-19(27-18)28-14-22(30-21(28)29)9-7-15(8-10-22)12-25-20-26-17(13-31-20)16-4-1-2-11-24-16/h1-6,11,13,15H,7-10,12,14H2,(H,25,26). The van der Waals surface area contributed by atoms with E-state index in [9.17, 15) is 9.18 Å². The van der Waals surface area contributed by atoms with Crippen molar-refractivity contribution in [1.29, 1.82) is 0 Å². The summed E-state index contributed by atoms with van der Waals surface area (Å²) >= 11 is 1.58. The molecule has 2 fully saturated rings. The number of rotatable bonds is 5. The molecule has 4 heterocycles. The van der Waals surface area contributed by atoms with Crippen LogP contribution in [0.1, 0.15) is 25.7 Å². The Bertz CT molecular complexity index is 1070. The van der Waals surface area contributed by atoms with Gasteiger partial charge in [0.15, 0.2) is 5.13 Å². The Balaban J connectivity index is 1.15. The molecule has 3 aromatic rings. The summed E-state index contributed by atoms with van der Waals surface area (Å²) in [6.45, 7) is 1.25. The van der Waals surface area contributed by atoms with E-state index in [4.69, 9.17) is 4.74 Å². The van der Waals surface area contributed by atoms with E-state index in [0.29, 0.717) is 18.3 Å². The second-order valence-electron chi connectivity index (χ2n) is 8.03. The lowest BCUT2D eigenvalue weighted by molar-refractivity contribution is 0.0148. The van der Waals surface area contributed by atoms with Crippen LogP contribution < -0.4 is 10.2 Å². The van der Waals surface area contributed by atoms with Gasteiger partial charge in [0, 0.05) is 18.1 Å². The van der Waals surface area contributed by atoms with Crippen LogP contribution in [0, 0.1) is 11.9 Å². The van der Waals surface area contributed by atoms with Crippen molar-refractivity contribution in [2.45, 2.75) is 31.3 Å². The predicted octanol–water partition coefficient (Wildman–Crippen LogP) is 4.74. The van der Waals surface area contributed by atoms with Crippen LogP contribution in [-0.4, -0.2) is 39.7 Å². The van der Waals surface area contributed by atoms with Crippen molar-refractivity contribution in [3.8, 4) is 11.4 Å². The average molecular weight is 440 g/mol. The SMILES string of the molecule is O=C1OC2(CCC(CNc3nc(-c4ccccn4)cs3)CC2)CN1c1cccc(F)n1. The highest BCUT2D eigenvalue weighted by Gasteiger charge is 2.48. The molecule has 1 amide bonds. The summed E-state index contributed by atoms with van der Waals surface area (Å²) in [6, 6.07) is 10.2. The van der Waals surface area contributed by atoms with E-state index in [1.54, 1.807) is 29.7 Å². The fraction of sp³-hybridized carbons (Fsp3) is 0.364. The highest BCUT2D eigenvalue weighted by atomic mass is 32.1. The van der Waals surface area contributed by atoms with Crippen molar-refractivity contribution in [3.63, 3.8) is 0 Å². The average Bonchev–Trinajstić information content (AvgIpc) is 3.39. The fourth-order valence-corrected chi connectivity index (χ4v) is 4.95. The molecule has 7 nitrogen and oxygen atoms in total. The maximum absolute atomic E-state index is 13.5. The molecule has 0 bridgehead atoms. The van der Waals surface area contributed by atoms with Gasteiger partial charge in [-0.25, -0.2) is 14.8 Å². The summed E-state index contributed by atoms with van der Waals surface area (Å²) in [6.07, 6.45) is 4.79. The third kappa shape index (κ3) is 4.23. The van der Waals surface area contributed by atoms with Gasteiger partial charge in [0.05, 0.1) is 12.2 Å². The van der Waals surface area contributed by atoms with E-state index in [1.165, 1.54) is 11.0 Å². The van der Waals surface area contributed by atoms with Crippen LogP contribution in [0.4, 0.5) is 20.1 Å². The summed E-state index contributed by atoms with van der Waals surface area (Å²) in [5.74, 6) is 0.181. The van der Waals surface area contributed by atoms with Gasteiger partial charge in [-0.15, -0.1) is 11.3 Å². The minimum Gasteiger partial charge on any atom is -0.441 e. The van der Waals surface area contributed by atoms with Crippen LogP contribution >= 0.6 is 11.3 Å². The number of ether oxygens (including phenoxy) is 1. The van der Waals surface area contributed by atoms with Gasteiger partial charge >= 0.3 is 6.09 Å². The first kappa shape index (κ1) is 19.9. The quantitative estimate of drug-likeness (QED) is 0.579. The first-order valence-electron chi connectivity index (χ1n) is 10.3. The molecule has 0 radical (unpaired) electrons. The Hall–Kier alpha value is -3.07. The number of hydrogen-bond acceptors (Lipinski definition) is 7. The van der Waals surface area contributed by atoms with Crippen molar-refractivity contribution in [2.75, 3.05) is 23.3 Å². The zero-order valence-electron chi connectivity index (χ0n) is 16.8. The molecule has 1 saturated heterocycles. The number of carbonyl (C=O) groups excluding carboxylic acids is 1. The Morgan fingerprint density at radius 2 is 2.03 bits per heavy atom. The van der Waals surface area contributed by atoms with Crippen molar-refractivity contribution in [1.82, 2.24) is 15.0 Å². The minimum absolute atomic E-state index is 0.304. The molecule has 0 unspecified atom stereocenters. The Morgan fingerprint density at radius 3 is 2.81 bits per heavy atom. The van der Waals surface area contributed by atoms with E-state index >= 15 is 0 Å². The van der Waals surface area contributed by atoms with Crippen molar-refractivity contribution >= 4 is 28.4 Å². The molecular formula is C22H22FN5O2S. The van der Waals surface area contributed by atoms with Gasteiger partial charge < -0.3 is 10.1 Å². The molecule has 0 atom stereocenters. The van der Waals surface area contributed by atoms with Gasteiger partial charge in [-0.1, -0.05) is 12.1 Å². The maximum atomic E-state index is 13.5. The van der Waals surface area contributed by atoms with E-state index in [1.807, 2.05) is 23.6 Å². The minimum atomic E-state index is -0.602. The fourth-order valence-electron chi connectivity index (χ4n) is 4.23. The van der Waals surface area contributed by atoms with E-state index in [0.717, 1.165) is 48.7 Å². The molecule has 1 aliphatic carbocycles. The molecule has 160 valence electrons. The third-order valence-corrected chi connectivity index (χ3v) is 6.74. The molecule has 2 aliphatic rings. The molecule has 9 heteroatoms. The lowest BCUT2D eigenvalue weighted by Gasteiger charge is -2.35. The molecule has 31 heavy (non-hydrogen) atoms. The highest BCUT2D eigenvalue weighted by molar-refractivity contribution is 7.14. The van der Waals surface area contributed by atoms with E-state index < -0.39 is 17.6 Å². The van der Waals surface area contributed by atoms with Crippen LogP contribution in [0.5, 0.6) is 0 Å². The van der Waals surface area contributed by atoms with Crippen LogP contribution in [0.3, 0.4) is 0 Å². The molecular weight excluding hydrogens is 417 g/mol.